The smallest absolute Gasteiger partial charge is 0.0641 e. The van der Waals surface area contributed by atoms with Crippen LogP contribution in [0.2, 0.25) is 0 Å². The zero-order chi connectivity index (χ0) is 15.1. The van der Waals surface area contributed by atoms with Crippen LogP contribution in [0.25, 0.3) is 0 Å². The van der Waals surface area contributed by atoms with Gasteiger partial charge in [-0.2, -0.15) is 5.10 Å². The van der Waals surface area contributed by atoms with E-state index in [9.17, 15) is 0 Å². The Morgan fingerprint density at radius 2 is 1.70 bits per heavy atom. The highest BCUT2D eigenvalue weighted by Crippen LogP contribution is 2.45. The van der Waals surface area contributed by atoms with Crippen molar-refractivity contribution >= 4 is 0 Å². The maximum Gasteiger partial charge on any atom is 0.0641 e. The van der Waals surface area contributed by atoms with Gasteiger partial charge in [-0.1, -0.05) is 27.7 Å². The third kappa shape index (κ3) is 3.43. The molecule has 1 heterocycles. The van der Waals surface area contributed by atoms with Crippen molar-refractivity contribution in [2.45, 2.75) is 73.4 Å². The molecular formula is C17H31N3. The molecule has 0 amide bonds. The van der Waals surface area contributed by atoms with Gasteiger partial charge in [0.25, 0.3) is 0 Å². The van der Waals surface area contributed by atoms with Gasteiger partial charge in [0.05, 0.1) is 5.69 Å². The third-order valence-corrected chi connectivity index (χ3v) is 4.78. The van der Waals surface area contributed by atoms with Gasteiger partial charge < -0.3 is 5.32 Å². The summed E-state index contributed by atoms with van der Waals surface area (Å²) in [5.41, 5.74) is 4.70. The molecule has 3 nitrogen and oxygen atoms in total. The number of nitrogens with one attached hydrogen (secondary N) is 1. The first-order valence-electron chi connectivity index (χ1n) is 7.82. The zero-order valence-corrected chi connectivity index (χ0v) is 14.3. The fourth-order valence-electron chi connectivity index (χ4n) is 4.31. The number of nitrogens with zero attached hydrogens (tertiary/aromatic N) is 2. The van der Waals surface area contributed by atoms with Gasteiger partial charge in [-0.3, -0.25) is 4.68 Å². The van der Waals surface area contributed by atoms with E-state index >= 15 is 0 Å². The molecule has 3 heteroatoms. The number of rotatable bonds is 3. The molecule has 1 aliphatic rings. The van der Waals surface area contributed by atoms with Crippen molar-refractivity contribution in [3.8, 4) is 0 Å². The molecular weight excluding hydrogens is 246 g/mol. The lowest BCUT2D eigenvalue weighted by atomic mass is 9.63. The molecule has 0 unspecified atom stereocenters. The van der Waals surface area contributed by atoms with Gasteiger partial charge in [-0.05, 0) is 43.9 Å². The Morgan fingerprint density at radius 1 is 1.15 bits per heavy atom. The molecule has 1 aromatic rings. The molecule has 0 saturated heterocycles. The Bertz CT molecular complexity index is 467. The summed E-state index contributed by atoms with van der Waals surface area (Å²) >= 11 is 0. The summed E-state index contributed by atoms with van der Waals surface area (Å²) in [5, 5.41) is 8.30. The monoisotopic (exact) mass is 277 g/mol. The number of aromatic nitrogens is 2. The second kappa shape index (κ2) is 5.18. The number of hydrogen-bond acceptors (Lipinski definition) is 2. The Hall–Kier alpha value is -0.830. The van der Waals surface area contributed by atoms with Crippen molar-refractivity contribution in [3.63, 3.8) is 0 Å². The van der Waals surface area contributed by atoms with Gasteiger partial charge in [0.15, 0.2) is 0 Å². The minimum atomic E-state index is 0.443. The van der Waals surface area contributed by atoms with Crippen LogP contribution in [0, 0.1) is 24.7 Å². The maximum absolute atomic E-state index is 4.51. The minimum Gasteiger partial charge on any atom is -0.310 e. The summed E-state index contributed by atoms with van der Waals surface area (Å²) in [6, 6.07) is 0.618. The van der Waals surface area contributed by atoms with E-state index in [2.05, 4.69) is 52.0 Å². The van der Waals surface area contributed by atoms with Crippen LogP contribution in [0.15, 0.2) is 0 Å². The normalized spacial score (nSPS) is 22.1. The molecule has 1 aliphatic carbocycles. The Balaban J connectivity index is 2.03. The van der Waals surface area contributed by atoms with Gasteiger partial charge >= 0.3 is 0 Å². The lowest BCUT2D eigenvalue weighted by Gasteiger charge is -2.45. The van der Waals surface area contributed by atoms with Gasteiger partial charge in [-0.25, -0.2) is 0 Å². The Labute approximate surface area is 124 Å². The standard InChI is InChI=1S/C17H31N3/c1-12-15(13(2)20(7)19-12)10-18-14-8-16(3,4)11-17(5,6)9-14/h14,18H,8-11H2,1-7H3. The summed E-state index contributed by atoms with van der Waals surface area (Å²) in [6.45, 7) is 14.8. The largest absolute Gasteiger partial charge is 0.310 e. The second-order valence-electron chi connectivity index (χ2n) is 8.26. The molecule has 0 aromatic carbocycles. The van der Waals surface area contributed by atoms with E-state index in [0.29, 0.717) is 16.9 Å². The second-order valence-corrected chi connectivity index (χ2v) is 8.26. The summed E-state index contributed by atoms with van der Waals surface area (Å²) in [6.07, 6.45) is 3.87. The number of hydrogen-bond donors (Lipinski definition) is 1. The van der Waals surface area contributed by atoms with Crippen LogP contribution in [0.5, 0.6) is 0 Å². The highest BCUT2D eigenvalue weighted by atomic mass is 15.3. The average Bonchev–Trinajstić information content (AvgIpc) is 2.46. The molecule has 2 rings (SSSR count). The fourth-order valence-corrected chi connectivity index (χ4v) is 4.31. The molecule has 0 atom stereocenters. The predicted octanol–water partition coefficient (Wildman–Crippen LogP) is 3.73. The lowest BCUT2D eigenvalue weighted by Crippen LogP contribution is -2.43. The van der Waals surface area contributed by atoms with E-state index in [0.717, 1.165) is 12.2 Å². The van der Waals surface area contributed by atoms with Crippen LogP contribution in [0.4, 0.5) is 0 Å². The van der Waals surface area contributed by atoms with Crippen LogP contribution in [-0.4, -0.2) is 15.8 Å². The topological polar surface area (TPSA) is 29.9 Å². The highest BCUT2D eigenvalue weighted by molar-refractivity contribution is 5.24. The molecule has 1 fully saturated rings. The fraction of sp³-hybridized carbons (Fsp3) is 0.824. The molecule has 1 aromatic heterocycles. The van der Waals surface area contributed by atoms with Gasteiger partial charge in [0.2, 0.25) is 0 Å². The minimum absolute atomic E-state index is 0.443. The first-order chi connectivity index (χ1) is 9.10. The van der Waals surface area contributed by atoms with Crippen LogP contribution < -0.4 is 5.32 Å². The first-order valence-corrected chi connectivity index (χ1v) is 7.82. The van der Waals surface area contributed by atoms with E-state index in [1.165, 1.54) is 30.5 Å². The predicted molar refractivity (Wildman–Crippen MR) is 84.7 cm³/mol. The molecule has 20 heavy (non-hydrogen) atoms. The van der Waals surface area contributed by atoms with E-state index in [4.69, 9.17) is 0 Å². The van der Waals surface area contributed by atoms with E-state index in [1.54, 1.807) is 0 Å². The molecule has 1 N–H and O–H groups in total. The highest BCUT2D eigenvalue weighted by Gasteiger charge is 2.38. The molecule has 1 saturated carbocycles. The zero-order valence-electron chi connectivity index (χ0n) is 14.3. The summed E-state index contributed by atoms with van der Waals surface area (Å²) in [7, 11) is 2.03. The van der Waals surface area contributed by atoms with Crippen molar-refractivity contribution in [1.29, 1.82) is 0 Å². The molecule has 0 spiro atoms. The molecule has 114 valence electrons. The summed E-state index contributed by atoms with van der Waals surface area (Å²) in [5.74, 6) is 0. The van der Waals surface area contributed by atoms with Crippen LogP contribution in [0.1, 0.15) is 63.9 Å². The SMILES string of the molecule is Cc1nn(C)c(C)c1CNC1CC(C)(C)CC(C)(C)C1. The van der Waals surface area contributed by atoms with Crippen LogP contribution >= 0.6 is 0 Å². The number of aryl methyl sites for hydroxylation is 2. The lowest BCUT2D eigenvalue weighted by molar-refractivity contribution is 0.0844. The van der Waals surface area contributed by atoms with Crippen LogP contribution in [0.3, 0.4) is 0 Å². The van der Waals surface area contributed by atoms with E-state index in [-0.39, 0.29) is 0 Å². The van der Waals surface area contributed by atoms with Gasteiger partial charge in [0, 0.05) is 30.9 Å². The summed E-state index contributed by atoms with van der Waals surface area (Å²) in [4.78, 5) is 0. The molecule has 0 radical (unpaired) electrons. The Morgan fingerprint density at radius 3 is 2.15 bits per heavy atom. The first kappa shape index (κ1) is 15.6. The van der Waals surface area contributed by atoms with Gasteiger partial charge in [0.1, 0.15) is 0 Å². The van der Waals surface area contributed by atoms with Gasteiger partial charge in [-0.15, -0.1) is 0 Å². The third-order valence-electron chi connectivity index (χ3n) is 4.78. The van der Waals surface area contributed by atoms with Crippen molar-refractivity contribution in [2.75, 3.05) is 0 Å². The molecule has 0 bridgehead atoms. The van der Waals surface area contributed by atoms with Crippen molar-refractivity contribution in [2.24, 2.45) is 17.9 Å². The van der Waals surface area contributed by atoms with E-state index in [1.807, 2.05) is 11.7 Å². The van der Waals surface area contributed by atoms with E-state index < -0.39 is 0 Å². The van der Waals surface area contributed by atoms with Crippen molar-refractivity contribution in [1.82, 2.24) is 15.1 Å². The average molecular weight is 277 g/mol. The summed E-state index contributed by atoms with van der Waals surface area (Å²) < 4.78 is 1.99. The van der Waals surface area contributed by atoms with Crippen molar-refractivity contribution in [3.05, 3.63) is 17.0 Å². The van der Waals surface area contributed by atoms with Crippen LogP contribution in [-0.2, 0) is 13.6 Å². The quantitative estimate of drug-likeness (QED) is 0.912. The maximum atomic E-state index is 4.51. The van der Waals surface area contributed by atoms with Crippen molar-refractivity contribution < 1.29 is 0 Å². The Kier molecular flexibility index (Phi) is 4.03. The molecule has 0 aliphatic heterocycles.